The van der Waals surface area contributed by atoms with Crippen LogP contribution in [-0.2, 0) is 11.2 Å². The number of rotatable bonds is 5. The van der Waals surface area contributed by atoms with Crippen molar-refractivity contribution in [3.63, 3.8) is 0 Å². The van der Waals surface area contributed by atoms with E-state index >= 15 is 0 Å². The number of benzene rings is 1. The molecular formula is C29H31N5O4. The van der Waals surface area contributed by atoms with Crippen LogP contribution in [0.3, 0.4) is 0 Å². The van der Waals surface area contributed by atoms with Crippen LogP contribution < -0.4 is 0 Å². The van der Waals surface area contributed by atoms with Crippen LogP contribution in [0.1, 0.15) is 40.9 Å². The maximum atomic E-state index is 13.5. The van der Waals surface area contributed by atoms with Gasteiger partial charge in [0.15, 0.2) is 5.76 Å². The van der Waals surface area contributed by atoms with E-state index in [1.807, 2.05) is 40.1 Å². The van der Waals surface area contributed by atoms with Crippen LogP contribution in [-0.4, -0.2) is 88.2 Å². The Morgan fingerprint density at radius 2 is 1.63 bits per heavy atom. The Balaban J connectivity index is 1.22. The second-order valence-corrected chi connectivity index (χ2v) is 10.2. The summed E-state index contributed by atoms with van der Waals surface area (Å²) in [6.07, 6.45) is 7.12. The molecule has 0 unspecified atom stereocenters. The lowest BCUT2D eigenvalue weighted by Crippen LogP contribution is -2.51. The molecule has 0 atom stereocenters. The van der Waals surface area contributed by atoms with E-state index in [9.17, 15) is 14.8 Å². The van der Waals surface area contributed by atoms with Gasteiger partial charge in [-0.1, -0.05) is 17.3 Å². The summed E-state index contributed by atoms with van der Waals surface area (Å²) in [5, 5.41) is 12.7. The lowest BCUT2D eigenvalue weighted by molar-refractivity contribution is -0.131. The van der Waals surface area contributed by atoms with E-state index < -0.39 is 0 Å². The van der Waals surface area contributed by atoms with Crippen molar-refractivity contribution < 1.29 is 19.2 Å². The third-order valence-corrected chi connectivity index (χ3v) is 7.84. The molecule has 9 heteroatoms. The van der Waals surface area contributed by atoms with Gasteiger partial charge in [-0.25, -0.2) is 0 Å². The minimum absolute atomic E-state index is 0.145. The first-order valence-electron chi connectivity index (χ1n) is 13.3. The molecule has 0 spiro atoms. The van der Waals surface area contributed by atoms with E-state index in [0.29, 0.717) is 56.4 Å². The van der Waals surface area contributed by atoms with E-state index in [1.54, 1.807) is 12.4 Å². The third kappa shape index (κ3) is 4.69. The molecule has 38 heavy (non-hydrogen) atoms. The van der Waals surface area contributed by atoms with Gasteiger partial charge in [0.05, 0.1) is 12.3 Å². The number of pyridine rings is 1. The highest BCUT2D eigenvalue weighted by atomic mass is 16.4. The number of piperazine rings is 1. The Kier molecular flexibility index (Phi) is 6.68. The van der Waals surface area contributed by atoms with Crippen molar-refractivity contribution in [1.82, 2.24) is 19.7 Å². The molecule has 0 radical (unpaired) electrons. The van der Waals surface area contributed by atoms with E-state index in [-0.39, 0.29) is 11.8 Å². The molecule has 2 saturated heterocycles. The normalized spacial score (nSPS) is 18.8. The monoisotopic (exact) mass is 513 g/mol. The van der Waals surface area contributed by atoms with Gasteiger partial charge in [-0.3, -0.25) is 19.5 Å². The maximum absolute atomic E-state index is 13.5. The second-order valence-electron chi connectivity index (χ2n) is 10.2. The van der Waals surface area contributed by atoms with E-state index in [1.165, 1.54) is 0 Å². The molecular weight excluding hydrogens is 482 g/mol. The number of hydrogen-bond acceptors (Lipinski definition) is 7. The average Bonchev–Trinajstić information content (AvgIpc) is 3.73. The standard InChI is InChI=1S/C29H31N5O4/c35-27(33-11-1-2-12-33)19-32-13-15-34(16-14-32)29(36)26-18-24(20-7-9-30-10-8-20)28(38-26)22-3-5-23-21(17-22)4-6-25(23)31-37/h3,5,7-10,17-18,37H,1-2,4,6,11-16,19H2/b31-25+. The Morgan fingerprint density at radius 3 is 2.37 bits per heavy atom. The number of carbonyl (C=O) groups excluding carboxylic acids is 2. The number of amides is 2. The van der Waals surface area contributed by atoms with Crippen molar-refractivity contribution in [3.05, 3.63) is 65.7 Å². The molecule has 1 aliphatic carbocycles. The highest BCUT2D eigenvalue weighted by Crippen LogP contribution is 2.37. The van der Waals surface area contributed by atoms with Gasteiger partial charge < -0.3 is 19.4 Å². The van der Waals surface area contributed by atoms with E-state index in [0.717, 1.165) is 60.2 Å². The molecule has 0 saturated carbocycles. The van der Waals surface area contributed by atoms with Crippen LogP contribution in [0.25, 0.3) is 22.5 Å². The molecule has 2 amide bonds. The van der Waals surface area contributed by atoms with Crippen molar-refractivity contribution >= 4 is 17.5 Å². The summed E-state index contributed by atoms with van der Waals surface area (Å²) in [7, 11) is 0. The fraction of sp³-hybridized carbons (Fsp3) is 0.379. The first-order valence-corrected chi connectivity index (χ1v) is 13.3. The molecule has 0 bridgehead atoms. The molecule has 1 N–H and O–H groups in total. The van der Waals surface area contributed by atoms with Gasteiger partial charge in [0.1, 0.15) is 5.76 Å². The van der Waals surface area contributed by atoms with Gasteiger partial charge >= 0.3 is 0 Å². The number of oxime groups is 1. The van der Waals surface area contributed by atoms with Gasteiger partial charge in [0.25, 0.3) is 5.91 Å². The number of fused-ring (bicyclic) bond motifs is 1. The van der Waals surface area contributed by atoms with Crippen LogP contribution in [0.4, 0.5) is 0 Å². The maximum Gasteiger partial charge on any atom is 0.289 e. The van der Waals surface area contributed by atoms with Gasteiger partial charge in [-0.05, 0) is 61.1 Å². The van der Waals surface area contributed by atoms with Crippen molar-refractivity contribution in [2.45, 2.75) is 25.7 Å². The fourth-order valence-corrected chi connectivity index (χ4v) is 5.69. The summed E-state index contributed by atoms with van der Waals surface area (Å²) >= 11 is 0. The summed E-state index contributed by atoms with van der Waals surface area (Å²) in [6.45, 7) is 4.56. The van der Waals surface area contributed by atoms with Crippen LogP contribution in [0.5, 0.6) is 0 Å². The SMILES string of the molecule is O=C(CN1CCN(C(=O)c2cc(-c3ccncc3)c(-c3ccc4c(c3)CC/C4=N\O)o2)CC1)N1CCCC1. The zero-order chi connectivity index (χ0) is 26.1. The number of furan rings is 1. The largest absolute Gasteiger partial charge is 0.450 e. The molecule has 2 aliphatic heterocycles. The minimum atomic E-state index is -0.145. The summed E-state index contributed by atoms with van der Waals surface area (Å²) in [4.78, 5) is 36.1. The molecule has 6 rings (SSSR count). The molecule has 9 nitrogen and oxygen atoms in total. The van der Waals surface area contributed by atoms with Crippen LogP contribution >= 0.6 is 0 Å². The predicted octanol–water partition coefficient (Wildman–Crippen LogP) is 3.51. The van der Waals surface area contributed by atoms with Crippen LogP contribution in [0.2, 0.25) is 0 Å². The topological polar surface area (TPSA) is 102 Å². The number of nitrogens with zero attached hydrogens (tertiary/aromatic N) is 5. The number of aryl methyl sites for hydroxylation is 1. The molecule has 2 fully saturated rings. The summed E-state index contributed by atoms with van der Waals surface area (Å²) in [5.74, 6) is 0.970. The third-order valence-electron chi connectivity index (χ3n) is 7.84. The molecule has 4 heterocycles. The molecule has 2 aromatic heterocycles. The zero-order valence-corrected chi connectivity index (χ0v) is 21.3. The summed E-state index contributed by atoms with van der Waals surface area (Å²) in [5.41, 5.74) is 5.36. The van der Waals surface area contributed by atoms with E-state index in [4.69, 9.17) is 4.42 Å². The van der Waals surface area contributed by atoms with Crippen molar-refractivity contribution in [2.75, 3.05) is 45.8 Å². The predicted molar refractivity (Wildman–Crippen MR) is 142 cm³/mol. The molecule has 3 aliphatic rings. The zero-order valence-electron chi connectivity index (χ0n) is 21.3. The number of hydrogen-bond donors (Lipinski definition) is 1. The Morgan fingerprint density at radius 1 is 0.868 bits per heavy atom. The minimum Gasteiger partial charge on any atom is -0.450 e. The Hall–Kier alpha value is -3.98. The quantitative estimate of drug-likeness (QED) is 0.414. The van der Waals surface area contributed by atoms with Crippen molar-refractivity contribution in [2.24, 2.45) is 5.16 Å². The summed E-state index contributed by atoms with van der Waals surface area (Å²) in [6, 6.07) is 11.6. The highest BCUT2D eigenvalue weighted by Gasteiger charge is 2.29. The molecule has 196 valence electrons. The Bertz CT molecular complexity index is 1370. The number of likely N-dealkylation sites (tertiary alicyclic amines) is 1. The van der Waals surface area contributed by atoms with Crippen molar-refractivity contribution in [3.8, 4) is 22.5 Å². The number of aromatic nitrogens is 1. The van der Waals surface area contributed by atoms with Gasteiger partial charge in [-0.15, -0.1) is 0 Å². The van der Waals surface area contributed by atoms with Gasteiger partial charge in [-0.2, -0.15) is 0 Å². The summed E-state index contributed by atoms with van der Waals surface area (Å²) < 4.78 is 6.28. The average molecular weight is 514 g/mol. The Labute approximate surface area is 221 Å². The van der Waals surface area contributed by atoms with Crippen molar-refractivity contribution in [1.29, 1.82) is 0 Å². The number of carbonyl (C=O) groups is 2. The van der Waals surface area contributed by atoms with Gasteiger partial charge in [0, 0.05) is 68.4 Å². The fourth-order valence-electron chi connectivity index (χ4n) is 5.69. The van der Waals surface area contributed by atoms with E-state index in [2.05, 4.69) is 21.1 Å². The smallest absolute Gasteiger partial charge is 0.289 e. The first-order chi connectivity index (χ1) is 18.6. The van der Waals surface area contributed by atoms with Crippen LogP contribution in [0, 0.1) is 0 Å². The second kappa shape index (κ2) is 10.4. The molecule has 1 aromatic carbocycles. The first kappa shape index (κ1) is 24.4. The lowest BCUT2D eigenvalue weighted by Gasteiger charge is -2.34. The lowest BCUT2D eigenvalue weighted by atomic mass is 9.99. The molecule has 3 aromatic rings. The highest BCUT2D eigenvalue weighted by molar-refractivity contribution is 6.04. The van der Waals surface area contributed by atoms with Crippen LogP contribution in [0.15, 0.2) is 58.4 Å². The van der Waals surface area contributed by atoms with Gasteiger partial charge in [0.2, 0.25) is 5.91 Å².